The number of hydrogen-bond acceptors (Lipinski definition) is 4. The van der Waals surface area contributed by atoms with Crippen LogP contribution in [0.15, 0.2) is 6.07 Å². The first-order valence-electron chi connectivity index (χ1n) is 6.60. The van der Waals surface area contributed by atoms with Gasteiger partial charge in [-0.2, -0.15) is 0 Å². The van der Waals surface area contributed by atoms with Crippen molar-refractivity contribution in [1.29, 1.82) is 0 Å². The third-order valence-corrected chi connectivity index (χ3v) is 3.54. The number of rotatable bonds is 5. The summed E-state index contributed by atoms with van der Waals surface area (Å²) in [4.78, 5) is 4.75. The standard InChI is InChI=1S/C14H22N2O2/c1-15-8-11-7-10-5-3-4-6-12(10)16-14(11)13(9-17)18-2/h7,13,15,17H,3-6,8-9H2,1-2H3. The molecule has 2 N–H and O–H groups in total. The molecule has 1 heterocycles. The molecule has 0 aliphatic heterocycles. The van der Waals surface area contributed by atoms with Gasteiger partial charge in [0.15, 0.2) is 0 Å². The fraction of sp³-hybridized carbons (Fsp3) is 0.643. The molecule has 1 unspecified atom stereocenters. The molecule has 0 radical (unpaired) electrons. The van der Waals surface area contributed by atoms with Crippen molar-refractivity contribution in [3.8, 4) is 0 Å². The number of aryl methyl sites for hydroxylation is 2. The van der Waals surface area contributed by atoms with Crippen LogP contribution in [0, 0.1) is 0 Å². The molecule has 4 heteroatoms. The lowest BCUT2D eigenvalue weighted by Crippen LogP contribution is -2.19. The Morgan fingerprint density at radius 3 is 2.89 bits per heavy atom. The van der Waals surface area contributed by atoms with E-state index in [1.807, 2.05) is 7.05 Å². The zero-order chi connectivity index (χ0) is 13.0. The van der Waals surface area contributed by atoms with Crippen LogP contribution in [0.1, 0.15) is 41.5 Å². The molecule has 0 saturated carbocycles. The Bertz CT molecular complexity index is 403. The van der Waals surface area contributed by atoms with Crippen LogP contribution in [0.2, 0.25) is 0 Å². The summed E-state index contributed by atoms with van der Waals surface area (Å²) in [5.74, 6) is 0. The minimum absolute atomic E-state index is 0.0288. The van der Waals surface area contributed by atoms with Crippen molar-refractivity contribution in [2.45, 2.75) is 38.3 Å². The summed E-state index contributed by atoms with van der Waals surface area (Å²) in [6, 6.07) is 2.23. The molecule has 0 aromatic carbocycles. The summed E-state index contributed by atoms with van der Waals surface area (Å²) in [6.07, 6.45) is 4.31. The summed E-state index contributed by atoms with van der Waals surface area (Å²) in [6.45, 7) is 0.731. The second-order valence-corrected chi connectivity index (χ2v) is 4.78. The number of nitrogens with one attached hydrogen (secondary N) is 1. The van der Waals surface area contributed by atoms with Gasteiger partial charge in [0.05, 0.1) is 12.3 Å². The van der Waals surface area contributed by atoms with Crippen LogP contribution >= 0.6 is 0 Å². The Balaban J connectivity index is 2.41. The maximum Gasteiger partial charge on any atom is 0.122 e. The number of nitrogens with zero attached hydrogens (tertiary/aromatic N) is 1. The first-order chi connectivity index (χ1) is 8.80. The molecule has 100 valence electrons. The molecule has 0 amide bonds. The maximum absolute atomic E-state index is 9.39. The molecule has 1 aliphatic rings. The van der Waals surface area contributed by atoms with E-state index in [0.29, 0.717) is 0 Å². The summed E-state index contributed by atoms with van der Waals surface area (Å²) < 4.78 is 5.32. The number of aliphatic hydroxyl groups excluding tert-OH is 1. The number of pyridine rings is 1. The Morgan fingerprint density at radius 2 is 2.22 bits per heavy atom. The van der Waals surface area contributed by atoms with Gasteiger partial charge in [0, 0.05) is 19.3 Å². The summed E-state index contributed by atoms with van der Waals surface area (Å²) in [5.41, 5.74) is 4.57. The second kappa shape index (κ2) is 6.27. The van der Waals surface area contributed by atoms with Gasteiger partial charge in [0.25, 0.3) is 0 Å². The molecule has 0 spiro atoms. The molecule has 0 bridgehead atoms. The van der Waals surface area contributed by atoms with Gasteiger partial charge in [0.2, 0.25) is 0 Å². The highest BCUT2D eigenvalue weighted by Crippen LogP contribution is 2.26. The van der Waals surface area contributed by atoms with E-state index in [1.54, 1.807) is 7.11 Å². The zero-order valence-electron chi connectivity index (χ0n) is 11.2. The van der Waals surface area contributed by atoms with Crippen molar-refractivity contribution in [2.24, 2.45) is 0 Å². The van der Waals surface area contributed by atoms with Crippen LogP contribution in [0.25, 0.3) is 0 Å². The highest BCUT2D eigenvalue weighted by Gasteiger charge is 2.20. The van der Waals surface area contributed by atoms with Gasteiger partial charge in [-0.3, -0.25) is 4.98 Å². The average molecular weight is 250 g/mol. The lowest BCUT2D eigenvalue weighted by atomic mass is 9.93. The van der Waals surface area contributed by atoms with E-state index in [4.69, 9.17) is 9.72 Å². The molecule has 1 aromatic heterocycles. The van der Waals surface area contributed by atoms with E-state index in [1.165, 1.54) is 24.1 Å². The highest BCUT2D eigenvalue weighted by molar-refractivity contribution is 5.33. The van der Waals surface area contributed by atoms with Crippen molar-refractivity contribution >= 4 is 0 Å². The lowest BCUT2D eigenvalue weighted by molar-refractivity contribution is 0.0446. The topological polar surface area (TPSA) is 54.4 Å². The molecule has 1 aromatic rings. The maximum atomic E-state index is 9.39. The van der Waals surface area contributed by atoms with Crippen LogP contribution in [-0.2, 0) is 24.1 Å². The largest absolute Gasteiger partial charge is 0.393 e. The predicted molar refractivity (Wildman–Crippen MR) is 70.5 cm³/mol. The van der Waals surface area contributed by atoms with Crippen LogP contribution < -0.4 is 5.32 Å². The minimum Gasteiger partial charge on any atom is -0.393 e. The van der Waals surface area contributed by atoms with E-state index in [0.717, 1.165) is 30.6 Å². The van der Waals surface area contributed by atoms with Crippen LogP contribution in [0.5, 0.6) is 0 Å². The summed E-state index contributed by atoms with van der Waals surface area (Å²) in [7, 11) is 3.54. The van der Waals surface area contributed by atoms with Crippen molar-refractivity contribution in [2.75, 3.05) is 20.8 Å². The Labute approximate surface area is 108 Å². The van der Waals surface area contributed by atoms with Crippen LogP contribution in [-0.4, -0.2) is 30.9 Å². The van der Waals surface area contributed by atoms with E-state index < -0.39 is 0 Å². The number of ether oxygens (including phenoxy) is 1. The average Bonchev–Trinajstić information content (AvgIpc) is 2.41. The first kappa shape index (κ1) is 13.5. The van der Waals surface area contributed by atoms with Gasteiger partial charge < -0.3 is 15.2 Å². The third-order valence-electron chi connectivity index (χ3n) is 3.54. The predicted octanol–water partition coefficient (Wildman–Crippen LogP) is 1.36. The SMILES string of the molecule is CNCc1cc2c(nc1C(CO)OC)CCCC2. The number of aliphatic hydroxyl groups is 1. The van der Waals surface area contributed by atoms with E-state index in [9.17, 15) is 5.11 Å². The van der Waals surface area contributed by atoms with E-state index in [-0.39, 0.29) is 12.7 Å². The minimum atomic E-state index is -0.319. The van der Waals surface area contributed by atoms with Gasteiger partial charge in [-0.25, -0.2) is 0 Å². The van der Waals surface area contributed by atoms with Crippen LogP contribution in [0.3, 0.4) is 0 Å². The van der Waals surface area contributed by atoms with E-state index >= 15 is 0 Å². The molecule has 4 nitrogen and oxygen atoms in total. The zero-order valence-corrected chi connectivity index (χ0v) is 11.2. The second-order valence-electron chi connectivity index (χ2n) is 4.78. The molecule has 1 atom stereocenters. The number of hydrogen-bond donors (Lipinski definition) is 2. The van der Waals surface area contributed by atoms with Crippen molar-refractivity contribution in [3.63, 3.8) is 0 Å². The van der Waals surface area contributed by atoms with Gasteiger partial charge >= 0.3 is 0 Å². The van der Waals surface area contributed by atoms with E-state index in [2.05, 4.69) is 11.4 Å². The summed E-state index contributed by atoms with van der Waals surface area (Å²) >= 11 is 0. The number of aromatic nitrogens is 1. The van der Waals surface area contributed by atoms with Gasteiger partial charge in [0.1, 0.15) is 6.10 Å². The van der Waals surface area contributed by atoms with Crippen molar-refractivity contribution in [1.82, 2.24) is 10.3 Å². The number of methoxy groups -OCH3 is 1. The molecular weight excluding hydrogens is 228 g/mol. The Hall–Kier alpha value is -0.970. The van der Waals surface area contributed by atoms with Gasteiger partial charge in [-0.1, -0.05) is 6.07 Å². The van der Waals surface area contributed by atoms with Gasteiger partial charge in [-0.05, 0) is 43.9 Å². The monoisotopic (exact) mass is 250 g/mol. The highest BCUT2D eigenvalue weighted by atomic mass is 16.5. The Kier molecular flexibility index (Phi) is 4.69. The molecule has 18 heavy (non-hydrogen) atoms. The van der Waals surface area contributed by atoms with Gasteiger partial charge in [-0.15, -0.1) is 0 Å². The quantitative estimate of drug-likeness (QED) is 0.828. The van der Waals surface area contributed by atoms with Crippen molar-refractivity contribution in [3.05, 3.63) is 28.6 Å². The Morgan fingerprint density at radius 1 is 1.44 bits per heavy atom. The van der Waals surface area contributed by atoms with Crippen molar-refractivity contribution < 1.29 is 9.84 Å². The number of fused-ring (bicyclic) bond motifs is 1. The first-order valence-corrected chi connectivity index (χ1v) is 6.60. The molecule has 0 fully saturated rings. The molecule has 0 saturated heterocycles. The third kappa shape index (κ3) is 2.71. The molecule has 2 rings (SSSR count). The fourth-order valence-corrected chi connectivity index (χ4v) is 2.58. The lowest BCUT2D eigenvalue weighted by Gasteiger charge is -2.22. The molecule has 1 aliphatic carbocycles. The summed E-state index contributed by atoms with van der Waals surface area (Å²) in [5, 5.41) is 12.5. The van der Waals surface area contributed by atoms with Crippen LogP contribution in [0.4, 0.5) is 0 Å². The fourth-order valence-electron chi connectivity index (χ4n) is 2.58. The normalized spacial score (nSPS) is 16.4. The molecular formula is C14H22N2O2. The smallest absolute Gasteiger partial charge is 0.122 e.